The maximum absolute atomic E-state index is 12.3. The first-order valence-electron chi connectivity index (χ1n) is 8.94. The number of aryl methyl sites for hydroxylation is 1. The van der Waals surface area contributed by atoms with E-state index in [4.69, 9.17) is 4.98 Å². The van der Waals surface area contributed by atoms with E-state index in [9.17, 15) is 4.79 Å². The standard InChI is InChI=1S/C19H26N4OS/c1-14-16-6-3-4-7-17(16)22-19(21-14)23-11-8-15(9-12-23)18(24)20-10-5-13-25-2/h3-4,6-7,15H,5,8-13H2,1-2H3,(H,20,24). The van der Waals surface area contributed by atoms with Crippen LogP contribution in [0.5, 0.6) is 0 Å². The van der Waals surface area contributed by atoms with Gasteiger partial charge in [-0.05, 0) is 44.3 Å². The summed E-state index contributed by atoms with van der Waals surface area (Å²) < 4.78 is 0. The number of hydrogen-bond acceptors (Lipinski definition) is 5. The molecule has 6 heteroatoms. The van der Waals surface area contributed by atoms with E-state index in [2.05, 4.69) is 27.5 Å². The van der Waals surface area contributed by atoms with Crippen molar-refractivity contribution in [2.45, 2.75) is 26.2 Å². The third-order valence-corrected chi connectivity index (χ3v) is 5.45. The summed E-state index contributed by atoms with van der Waals surface area (Å²) in [5, 5.41) is 4.18. The fourth-order valence-electron chi connectivity index (χ4n) is 3.28. The number of benzene rings is 1. The molecule has 1 N–H and O–H groups in total. The number of aromatic nitrogens is 2. The first kappa shape index (κ1) is 18.0. The Morgan fingerprint density at radius 2 is 2.04 bits per heavy atom. The number of thioether (sulfide) groups is 1. The smallest absolute Gasteiger partial charge is 0.226 e. The van der Waals surface area contributed by atoms with Crippen LogP contribution in [0, 0.1) is 12.8 Å². The molecule has 5 nitrogen and oxygen atoms in total. The number of nitrogens with zero attached hydrogens (tertiary/aromatic N) is 3. The van der Waals surface area contributed by atoms with Crippen LogP contribution in [-0.2, 0) is 4.79 Å². The molecule has 1 aromatic heterocycles. The van der Waals surface area contributed by atoms with Crippen LogP contribution < -0.4 is 10.2 Å². The maximum Gasteiger partial charge on any atom is 0.226 e. The molecular weight excluding hydrogens is 332 g/mol. The van der Waals surface area contributed by atoms with Crippen molar-refractivity contribution in [2.75, 3.05) is 36.5 Å². The average Bonchev–Trinajstić information content (AvgIpc) is 2.65. The van der Waals surface area contributed by atoms with Crippen LogP contribution >= 0.6 is 11.8 Å². The number of fused-ring (bicyclic) bond motifs is 1. The quantitative estimate of drug-likeness (QED) is 0.805. The lowest BCUT2D eigenvalue weighted by Crippen LogP contribution is -2.41. The lowest BCUT2D eigenvalue weighted by molar-refractivity contribution is -0.125. The van der Waals surface area contributed by atoms with Crippen molar-refractivity contribution in [1.82, 2.24) is 15.3 Å². The zero-order valence-electron chi connectivity index (χ0n) is 15.0. The second kappa shape index (κ2) is 8.52. The molecule has 25 heavy (non-hydrogen) atoms. The first-order valence-corrected chi connectivity index (χ1v) is 10.3. The third kappa shape index (κ3) is 4.42. The second-order valence-corrected chi connectivity index (χ2v) is 7.51. The zero-order chi connectivity index (χ0) is 17.6. The maximum atomic E-state index is 12.3. The summed E-state index contributed by atoms with van der Waals surface area (Å²) in [7, 11) is 0. The Balaban J connectivity index is 1.58. The SMILES string of the molecule is CSCCCNC(=O)C1CCN(c2nc(C)c3ccccc3n2)CC1. The van der Waals surface area contributed by atoms with E-state index < -0.39 is 0 Å². The summed E-state index contributed by atoms with van der Waals surface area (Å²) >= 11 is 1.82. The van der Waals surface area contributed by atoms with Gasteiger partial charge in [0.05, 0.1) is 11.2 Å². The molecule has 3 rings (SSSR count). The van der Waals surface area contributed by atoms with Gasteiger partial charge >= 0.3 is 0 Å². The van der Waals surface area contributed by atoms with Crippen molar-refractivity contribution in [2.24, 2.45) is 5.92 Å². The predicted octanol–water partition coefficient (Wildman–Crippen LogP) is 3.02. The summed E-state index contributed by atoms with van der Waals surface area (Å²) in [5.74, 6) is 2.20. The minimum absolute atomic E-state index is 0.118. The molecule has 0 bridgehead atoms. The van der Waals surface area contributed by atoms with Gasteiger partial charge in [0.1, 0.15) is 0 Å². The summed E-state index contributed by atoms with van der Waals surface area (Å²) in [6.07, 6.45) is 4.86. The number of hydrogen-bond donors (Lipinski definition) is 1. The molecule has 0 radical (unpaired) electrons. The Labute approximate surface area is 153 Å². The number of carbonyl (C=O) groups excluding carboxylic acids is 1. The minimum atomic E-state index is 0.118. The number of anilines is 1. The highest BCUT2D eigenvalue weighted by atomic mass is 32.2. The van der Waals surface area contributed by atoms with Crippen LogP contribution in [0.15, 0.2) is 24.3 Å². The average molecular weight is 359 g/mol. The van der Waals surface area contributed by atoms with Gasteiger partial charge in [0.15, 0.2) is 0 Å². The number of rotatable bonds is 6. The number of para-hydroxylation sites is 1. The molecule has 0 atom stereocenters. The number of carbonyl (C=O) groups is 1. The molecule has 2 heterocycles. The van der Waals surface area contributed by atoms with Crippen LogP contribution in [0.4, 0.5) is 5.95 Å². The van der Waals surface area contributed by atoms with E-state index in [1.54, 1.807) is 0 Å². The van der Waals surface area contributed by atoms with Crippen LogP contribution in [0.25, 0.3) is 10.9 Å². The zero-order valence-corrected chi connectivity index (χ0v) is 15.8. The molecule has 1 saturated heterocycles. The van der Waals surface area contributed by atoms with E-state index in [-0.39, 0.29) is 11.8 Å². The highest BCUT2D eigenvalue weighted by molar-refractivity contribution is 7.98. The minimum Gasteiger partial charge on any atom is -0.356 e. The highest BCUT2D eigenvalue weighted by Crippen LogP contribution is 2.24. The number of nitrogens with one attached hydrogen (secondary N) is 1. The van der Waals surface area contributed by atoms with Gasteiger partial charge < -0.3 is 10.2 Å². The molecular formula is C19H26N4OS. The van der Waals surface area contributed by atoms with Gasteiger partial charge in [-0.1, -0.05) is 18.2 Å². The molecule has 0 saturated carbocycles. The molecule has 0 aliphatic carbocycles. The first-order chi connectivity index (χ1) is 12.2. The highest BCUT2D eigenvalue weighted by Gasteiger charge is 2.26. The Bertz CT molecular complexity index is 728. The molecule has 1 fully saturated rings. The largest absolute Gasteiger partial charge is 0.356 e. The topological polar surface area (TPSA) is 58.1 Å². The summed E-state index contributed by atoms with van der Waals surface area (Å²) in [5.41, 5.74) is 1.99. The third-order valence-electron chi connectivity index (χ3n) is 4.76. The monoisotopic (exact) mass is 358 g/mol. The summed E-state index contributed by atoms with van der Waals surface area (Å²) in [6.45, 7) is 4.48. The van der Waals surface area contributed by atoms with Crippen molar-refractivity contribution in [3.63, 3.8) is 0 Å². The van der Waals surface area contributed by atoms with Crippen LogP contribution in [0.1, 0.15) is 25.0 Å². The van der Waals surface area contributed by atoms with Gasteiger partial charge in [0.25, 0.3) is 0 Å². The summed E-state index contributed by atoms with van der Waals surface area (Å²) in [6, 6.07) is 8.11. The van der Waals surface area contributed by atoms with Gasteiger partial charge in [0, 0.05) is 30.9 Å². The molecule has 0 unspecified atom stereocenters. The number of piperidine rings is 1. The fraction of sp³-hybridized carbons (Fsp3) is 0.526. The van der Waals surface area contributed by atoms with Crippen molar-refractivity contribution in [1.29, 1.82) is 0 Å². The Kier molecular flexibility index (Phi) is 6.13. The molecule has 1 amide bonds. The van der Waals surface area contributed by atoms with Gasteiger partial charge in [-0.3, -0.25) is 4.79 Å². The summed E-state index contributed by atoms with van der Waals surface area (Å²) in [4.78, 5) is 23.9. The lowest BCUT2D eigenvalue weighted by Gasteiger charge is -2.31. The normalized spacial score (nSPS) is 15.5. The van der Waals surface area contributed by atoms with Gasteiger partial charge in [-0.15, -0.1) is 0 Å². The van der Waals surface area contributed by atoms with Crippen LogP contribution in [0.2, 0.25) is 0 Å². The van der Waals surface area contributed by atoms with Crippen LogP contribution in [0.3, 0.4) is 0 Å². The Hall–Kier alpha value is -1.82. The van der Waals surface area contributed by atoms with Gasteiger partial charge in [-0.25, -0.2) is 9.97 Å². The van der Waals surface area contributed by atoms with Crippen molar-refractivity contribution >= 4 is 34.5 Å². The number of amides is 1. The van der Waals surface area contributed by atoms with Gasteiger partial charge in [0.2, 0.25) is 11.9 Å². The predicted molar refractivity (Wildman–Crippen MR) is 105 cm³/mol. The van der Waals surface area contributed by atoms with Crippen molar-refractivity contribution < 1.29 is 4.79 Å². The van der Waals surface area contributed by atoms with E-state index in [0.717, 1.165) is 67.2 Å². The Morgan fingerprint density at radius 3 is 2.80 bits per heavy atom. The van der Waals surface area contributed by atoms with Gasteiger partial charge in [-0.2, -0.15) is 11.8 Å². The van der Waals surface area contributed by atoms with Crippen molar-refractivity contribution in [3.05, 3.63) is 30.0 Å². The van der Waals surface area contributed by atoms with E-state index >= 15 is 0 Å². The van der Waals surface area contributed by atoms with Crippen molar-refractivity contribution in [3.8, 4) is 0 Å². The molecule has 134 valence electrons. The van der Waals surface area contributed by atoms with E-state index in [1.165, 1.54) is 0 Å². The molecule has 2 aromatic rings. The second-order valence-electron chi connectivity index (χ2n) is 6.52. The molecule has 1 aliphatic heterocycles. The Morgan fingerprint density at radius 1 is 1.28 bits per heavy atom. The molecule has 1 aliphatic rings. The molecule has 1 aromatic carbocycles. The molecule has 0 spiro atoms. The van der Waals surface area contributed by atoms with E-state index in [0.29, 0.717) is 0 Å². The lowest BCUT2D eigenvalue weighted by atomic mass is 9.96. The van der Waals surface area contributed by atoms with Crippen LogP contribution in [-0.4, -0.2) is 47.5 Å². The fourth-order valence-corrected chi connectivity index (χ4v) is 3.71. The van der Waals surface area contributed by atoms with E-state index in [1.807, 2.05) is 36.9 Å².